The molecule has 0 unspecified atom stereocenters. The molecular weight excluding hydrogens is 374 g/mol. The van der Waals surface area contributed by atoms with Crippen LogP contribution in [0.25, 0.3) is 17.0 Å². The van der Waals surface area contributed by atoms with Gasteiger partial charge >= 0.3 is 5.97 Å². The number of benzene rings is 2. The number of nitrogens with two attached hydrogens (primary N) is 1. The van der Waals surface area contributed by atoms with Gasteiger partial charge in [0, 0.05) is 47.8 Å². The number of fused-ring (bicyclic) bond motifs is 1. The second-order valence-electron chi connectivity index (χ2n) is 8.16. The number of methoxy groups -OCH3 is 1. The summed E-state index contributed by atoms with van der Waals surface area (Å²) in [7, 11) is 1.38. The average molecular weight is 404 g/mol. The van der Waals surface area contributed by atoms with Gasteiger partial charge in [0.05, 0.1) is 7.11 Å². The molecule has 0 spiro atoms. The maximum absolute atomic E-state index is 11.3. The van der Waals surface area contributed by atoms with Gasteiger partial charge < -0.3 is 15.5 Å². The number of aromatic amines is 1. The molecule has 3 aromatic rings. The van der Waals surface area contributed by atoms with E-state index in [0.717, 1.165) is 31.5 Å². The summed E-state index contributed by atoms with van der Waals surface area (Å²) in [6.07, 6.45) is 5.22. The minimum absolute atomic E-state index is 0.211. The molecule has 0 amide bonds. The first-order valence-electron chi connectivity index (χ1n) is 10.4. The highest BCUT2D eigenvalue weighted by Gasteiger charge is 2.31. The molecule has 2 heterocycles. The van der Waals surface area contributed by atoms with Crippen LogP contribution in [0, 0.1) is 6.92 Å². The molecule has 2 atom stereocenters. The van der Waals surface area contributed by atoms with Crippen LogP contribution in [-0.4, -0.2) is 41.6 Å². The van der Waals surface area contributed by atoms with Crippen LogP contribution in [0.3, 0.4) is 0 Å². The van der Waals surface area contributed by atoms with E-state index in [1.54, 1.807) is 6.08 Å². The monoisotopic (exact) mass is 403 g/mol. The molecule has 4 rings (SSSR count). The van der Waals surface area contributed by atoms with Gasteiger partial charge in [-0.05, 0) is 48.6 Å². The molecule has 1 aliphatic heterocycles. The van der Waals surface area contributed by atoms with E-state index >= 15 is 0 Å². The molecule has 1 aromatic heterocycles. The zero-order chi connectivity index (χ0) is 21.1. The first-order chi connectivity index (χ1) is 14.5. The lowest BCUT2D eigenvalue weighted by Crippen LogP contribution is -2.31. The molecule has 0 radical (unpaired) electrons. The Hall–Kier alpha value is -2.89. The second kappa shape index (κ2) is 8.86. The SMILES string of the molecule is COC(=O)C=Cc1ccc(CN2C[C@@H](N)C[C@@H]2Cc2c(C)[nH]c3ccccc23)cc1. The Morgan fingerprint density at radius 1 is 1.23 bits per heavy atom. The summed E-state index contributed by atoms with van der Waals surface area (Å²) in [5, 5.41) is 1.32. The molecule has 3 N–H and O–H groups in total. The van der Waals surface area contributed by atoms with Gasteiger partial charge in [-0.1, -0.05) is 42.5 Å². The first-order valence-corrected chi connectivity index (χ1v) is 10.4. The van der Waals surface area contributed by atoms with E-state index in [9.17, 15) is 4.79 Å². The van der Waals surface area contributed by atoms with Crippen molar-refractivity contribution in [1.82, 2.24) is 9.88 Å². The van der Waals surface area contributed by atoms with E-state index in [2.05, 4.69) is 57.9 Å². The zero-order valence-corrected chi connectivity index (χ0v) is 17.6. The third-order valence-electron chi connectivity index (χ3n) is 6.01. The van der Waals surface area contributed by atoms with Crippen LogP contribution >= 0.6 is 0 Å². The van der Waals surface area contributed by atoms with Gasteiger partial charge in [-0.2, -0.15) is 0 Å². The van der Waals surface area contributed by atoms with E-state index in [1.165, 1.54) is 40.9 Å². The van der Waals surface area contributed by atoms with Crippen molar-refractivity contribution in [1.29, 1.82) is 0 Å². The van der Waals surface area contributed by atoms with Crippen LogP contribution in [0.15, 0.2) is 54.6 Å². The molecule has 0 saturated carbocycles. The number of rotatable bonds is 6. The third kappa shape index (κ3) is 4.48. The molecule has 156 valence electrons. The molecule has 0 bridgehead atoms. The largest absolute Gasteiger partial charge is 0.466 e. The molecule has 30 heavy (non-hydrogen) atoms. The van der Waals surface area contributed by atoms with Crippen molar-refractivity contribution in [3.8, 4) is 0 Å². The van der Waals surface area contributed by atoms with Crippen LogP contribution in [-0.2, 0) is 22.5 Å². The van der Waals surface area contributed by atoms with Crippen molar-refractivity contribution in [2.75, 3.05) is 13.7 Å². The molecule has 5 nitrogen and oxygen atoms in total. The number of aromatic nitrogens is 1. The molecule has 2 aromatic carbocycles. The van der Waals surface area contributed by atoms with Crippen LogP contribution in [0.5, 0.6) is 0 Å². The highest BCUT2D eigenvalue weighted by atomic mass is 16.5. The number of esters is 1. The first kappa shape index (κ1) is 20.4. The number of hydrogen-bond donors (Lipinski definition) is 2. The number of nitrogens with one attached hydrogen (secondary N) is 1. The van der Waals surface area contributed by atoms with Gasteiger partial charge in [0.2, 0.25) is 0 Å². The van der Waals surface area contributed by atoms with Crippen molar-refractivity contribution < 1.29 is 9.53 Å². The van der Waals surface area contributed by atoms with Crippen molar-refractivity contribution in [2.24, 2.45) is 5.73 Å². The minimum atomic E-state index is -0.347. The van der Waals surface area contributed by atoms with Gasteiger partial charge in [0.25, 0.3) is 0 Å². The van der Waals surface area contributed by atoms with Gasteiger partial charge in [-0.25, -0.2) is 4.79 Å². The Morgan fingerprint density at radius 3 is 2.77 bits per heavy atom. The fourth-order valence-electron chi connectivity index (χ4n) is 4.46. The lowest BCUT2D eigenvalue weighted by atomic mass is 10.00. The number of carbonyl (C=O) groups is 1. The Labute approximate surface area is 177 Å². The highest BCUT2D eigenvalue weighted by Crippen LogP contribution is 2.28. The number of carbonyl (C=O) groups excluding carboxylic acids is 1. The molecule has 0 aliphatic carbocycles. The Kier molecular flexibility index (Phi) is 6.02. The molecule has 1 aliphatic rings. The van der Waals surface area contributed by atoms with Crippen LogP contribution in [0.2, 0.25) is 0 Å². The number of ether oxygens (including phenoxy) is 1. The van der Waals surface area contributed by atoms with E-state index in [0.29, 0.717) is 6.04 Å². The Morgan fingerprint density at radius 2 is 2.00 bits per heavy atom. The van der Waals surface area contributed by atoms with Crippen molar-refractivity contribution in [3.05, 3.63) is 77.0 Å². The van der Waals surface area contributed by atoms with Gasteiger partial charge in [-0.15, -0.1) is 0 Å². The van der Waals surface area contributed by atoms with Gasteiger partial charge in [0.1, 0.15) is 0 Å². The van der Waals surface area contributed by atoms with Gasteiger partial charge in [0.15, 0.2) is 0 Å². The predicted molar refractivity (Wildman–Crippen MR) is 121 cm³/mol. The fourth-order valence-corrected chi connectivity index (χ4v) is 4.46. The summed E-state index contributed by atoms with van der Waals surface area (Å²) in [5.74, 6) is -0.347. The third-order valence-corrected chi connectivity index (χ3v) is 6.01. The number of para-hydroxylation sites is 1. The van der Waals surface area contributed by atoms with Crippen molar-refractivity contribution >= 4 is 22.9 Å². The molecular formula is C25H29N3O2. The average Bonchev–Trinajstić information content (AvgIpc) is 3.26. The maximum Gasteiger partial charge on any atom is 0.330 e. The number of nitrogens with zero attached hydrogens (tertiary/aromatic N) is 1. The summed E-state index contributed by atoms with van der Waals surface area (Å²) >= 11 is 0. The van der Waals surface area contributed by atoms with Crippen molar-refractivity contribution in [3.63, 3.8) is 0 Å². The van der Waals surface area contributed by atoms with Crippen LogP contribution in [0.4, 0.5) is 0 Å². The highest BCUT2D eigenvalue weighted by molar-refractivity contribution is 5.87. The molecule has 5 heteroatoms. The van der Waals surface area contributed by atoms with E-state index in [1.807, 2.05) is 12.1 Å². The van der Waals surface area contributed by atoms with Gasteiger partial charge in [-0.3, -0.25) is 4.90 Å². The lowest BCUT2D eigenvalue weighted by Gasteiger charge is -2.24. The normalized spacial score (nSPS) is 19.7. The topological polar surface area (TPSA) is 71.3 Å². The van der Waals surface area contributed by atoms with Crippen LogP contribution < -0.4 is 5.73 Å². The smallest absolute Gasteiger partial charge is 0.330 e. The van der Waals surface area contributed by atoms with E-state index in [-0.39, 0.29) is 12.0 Å². The zero-order valence-electron chi connectivity index (χ0n) is 17.6. The summed E-state index contributed by atoms with van der Waals surface area (Å²) in [5.41, 5.74) is 12.4. The Balaban J connectivity index is 1.47. The summed E-state index contributed by atoms with van der Waals surface area (Å²) < 4.78 is 4.64. The molecule has 1 fully saturated rings. The van der Waals surface area contributed by atoms with Crippen LogP contribution in [0.1, 0.15) is 28.8 Å². The van der Waals surface area contributed by atoms with Crippen molar-refractivity contribution in [2.45, 2.75) is 38.4 Å². The standard InChI is InChI=1S/C25H29N3O2/c1-17-23(22-5-3-4-6-24(22)27-17)14-21-13-20(26)16-28(21)15-19-9-7-18(8-10-19)11-12-25(29)30-2/h3-12,20-21,27H,13-16,26H2,1-2H3/t20-,21+/m0/s1. The number of aryl methyl sites for hydroxylation is 1. The predicted octanol–water partition coefficient (Wildman–Crippen LogP) is 3.81. The van der Waals surface area contributed by atoms with E-state index < -0.39 is 0 Å². The minimum Gasteiger partial charge on any atom is -0.466 e. The maximum atomic E-state index is 11.3. The Bertz CT molecular complexity index is 1050. The summed E-state index contributed by atoms with van der Waals surface area (Å²) in [4.78, 5) is 17.3. The number of likely N-dealkylation sites (tertiary alicyclic amines) is 1. The lowest BCUT2D eigenvalue weighted by molar-refractivity contribution is -0.134. The molecule has 1 saturated heterocycles. The number of H-pyrrole nitrogens is 1. The quantitative estimate of drug-likeness (QED) is 0.485. The summed E-state index contributed by atoms with van der Waals surface area (Å²) in [6.45, 7) is 3.95. The summed E-state index contributed by atoms with van der Waals surface area (Å²) in [6, 6.07) is 17.5. The van der Waals surface area contributed by atoms with E-state index in [4.69, 9.17) is 5.73 Å². The number of hydrogen-bond acceptors (Lipinski definition) is 4. The fraction of sp³-hybridized carbons (Fsp3) is 0.320. The second-order valence-corrected chi connectivity index (χ2v) is 8.16.